The molecule has 0 N–H and O–H groups in total. The van der Waals surface area contributed by atoms with Gasteiger partial charge in [-0.1, -0.05) is 11.6 Å². The smallest absolute Gasteiger partial charge is 0.243 e. The second kappa shape index (κ2) is 5.54. The van der Waals surface area contributed by atoms with Gasteiger partial charge in [0.15, 0.2) is 0 Å². The van der Waals surface area contributed by atoms with Crippen LogP contribution in [0.1, 0.15) is 10.6 Å². The van der Waals surface area contributed by atoms with Crippen LogP contribution in [0, 0.1) is 6.92 Å². The van der Waals surface area contributed by atoms with Gasteiger partial charge in [-0.2, -0.15) is 4.31 Å². The molecule has 0 fully saturated rings. The number of sulfonamides is 1. The van der Waals surface area contributed by atoms with E-state index in [2.05, 4.69) is 9.97 Å². The Morgan fingerprint density at radius 2 is 2.16 bits per heavy atom. The number of nitrogens with zero attached hydrogens (tertiary/aromatic N) is 3. The molecular weight excluding hydrogens is 306 g/mol. The zero-order valence-corrected chi connectivity index (χ0v) is 12.8. The molecule has 0 saturated carbocycles. The predicted molar refractivity (Wildman–Crippen MR) is 74.8 cm³/mol. The Morgan fingerprint density at radius 3 is 2.74 bits per heavy atom. The number of hydrogen-bond acceptors (Lipinski definition) is 5. The lowest BCUT2D eigenvalue weighted by Crippen LogP contribution is -2.26. The van der Waals surface area contributed by atoms with Gasteiger partial charge in [0.1, 0.15) is 5.15 Å². The minimum Gasteiger partial charge on any atom is -0.250 e. The first-order valence-corrected chi connectivity index (χ1v) is 8.08. The Balaban J connectivity index is 2.27. The van der Waals surface area contributed by atoms with Crippen LogP contribution in [0.5, 0.6) is 0 Å². The van der Waals surface area contributed by atoms with Crippen molar-refractivity contribution in [1.29, 1.82) is 0 Å². The van der Waals surface area contributed by atoms with Gasteiger partial charge in [0.25, 0.3) is 0 Å². The molecule has 0 bridgehead atoms. The third-order valence-electron chi connectivity index (χ3n) is 2.62. The van der Waals surface area contributed by atoms with Gasteiger partial charge in [-0.05, 0) is 19.1 Å². The molecule has 2 heterocycles. The van der Waals surface area contributed by atoms with E-state index in [1.807, 2.05) is 6.92 Å². The quantitative estimate of drug-likeness (QED) is 0.812. The van der Waals surface area contributed by atoms with Gasteiger partial charge in [0.05, 0.1) is 16.1 Å². The highest BCUT2D eigenvalue weighted by atomic mass is 35.5. The number of thiazole rings is 1. The lowest BCUT2D eigenvalue weighted by Gasteiger charge is -2.16. The summed E-state index contributed by atoms with van der Waals surface area (Å²) in [4.78, 5) is 8.94. The number of aryl methyl sites for hydroxylation is 1. The summed E-state index contributed by atoms with van der Waals surface area (Å²) in [5.74, 6) is 0. The first-order chi connectivity index (χ1) is 8.91. The molecule has 0 aliphatic rings. The molecule has 0 radical (unpaired) electrons. The molecular formula is C11H12ClN3O2S2. The Morgan fingerprint density at radius 1 is 1.42 bits per heavy atom. The SMILES string of the molecule is Cc1ncsc1CN(C)S(=O)(=O)c1ccnc(Cl)c1. The summed E-state index contributed by atoms with van der Waals surface area (Å²) < 4.78 is 26.0. The normalized spacial score (nSPS) is 12.0. The minimum atomic E-state index is -3.57. The average Bonchev–Trinajstić information content (AvgIpc) is 2.75. The lowest BCUT2D eigenvalue weighted by atomic mass is 10.4. The van der Waals surface area contributed by atoms with E-state index in [1.54, 1.807) is 5.51 Å². The van der Waals surface area contributed by atoms with Gasteiger partial charge in [-0.3, -0.25) is 0 Å². The lowest BCUT2D eigenvalue weighted by molar-refractivity contribution is 0.468. The van der Waals surface area contributed by atoms with Crippen molar-refractivity contribution in [1.82, 2.24) is 14.3 Å². The molecule has 2 aromatic heterocycles. The maximum Gasteiger partial charge on any atom is 0.243 e. The van der Waals surface area contributed by atoms with Crippen molar-refractivity contribution in [3.63, 3.8) is 0 Å². The molecule has 0 aliphatic heterocycles. The Hall–Kier alpha value is -1.02. The molecule has 0 saturated heterocycles. The number of hydrogen-bond donors (Lipinski definition) is 0. The van der Waals surface area contributed by atoms with Crippen molar-refractivity contribution < 1.29 is 8.42 Å². The molecule has 0 amide bonds. The highest BCUT2D eigenvalue weighted by Crippen LogP contribution is 2.21. The number of aromatic nitrogens is 2. The van der Waals surface area contributed by atoms with Gasteiger partial charge in [-0.15, -0.1) is 11.3 Å². The number of pyridine rings is 1. The van der Waals surface area contributed by atoms with E-state index < -0.39 is 10.0 Å². The van der Waals surface area contributed by atoms with E-state index in [0.717, 1.165) is 10.6 Å². The Bertz CT molecular complexity index is 685. The second-order valence-corrected chi connectivity index (χ2v) is 7.31. The van der Waals surface area contributed by atoms with E-state index in [1.165, 1.54) is 41.0 Å². The molecule has 2 rings (SSSR count). The third kappa shape index (κ3) is 3.11. The minimum absolute atomic E-state index is 0.136. The van der Waals surface area contributed by atoms with Crippen molar-refractivity contribution in [3.05, 3.63) is 39.6 Å². The molecule has 0 atom stereocenters. The predicted octanol–water partition coefficient (Wildman–Crippen LogP) is 2.32. The molecule has 0 spiro atoms. The zero-order valence-electron chi connectivity index (χ0n) is 10.4. The summed E-state index contributed by atoms with van der Waals surface area (Å²) in [6, 6.07) is 2.77. The third-order valence-corrected chi connectivity index (χ3v) is 5.54. The van der Waals surface area contributed by atoms with Crippen molar-refractivity contribution in [2.24, 2.45) is 0 Å². The van der Waals surface area contributed by atoms with Crippen LogP contribution in [-0.2, 0) is 16.6 Å². The van der Waals surface area contributed by atoms with E-state index in [4.69, 9.17) is 11.6 Å². The van der Waals surface area contributed by atoms with Crippen molar-refractivity contribution in [3.8, 4) is 0 Å². The number of rotatable bonds is 4. The Kier molecular flexibility index (Phi) is 4.19. The summed E-state index contributed by atoms with van der Waals surface area (Å²) in [5.41, 5.74) is 2.55. The Labute approximate surface area is 120 Å². The molecule has 2 aromatic rings. The molecule has 0 unspecified atom stereocenters. The van der Waals surface area contributed by atoms with Gasteiger partial charge < -0.3 is 0 Å². The molecule has 0 aromatic carbocycles. The van der Waals surface area contributed by atoms with Gasteiger partial charge in [0, 0.05) is 24.7 Å². The second-order valence-electron chi connectivity index (χ2n) is 3.94. The zero-order chi connectivity index (χ0) is 14.0. The first kappa shape index (κ1) is 14.4. The van der Waals surface area contributed by atoms with E-state index >= 15 is 0 Å². The van der Waals surface area contributed by atoms with Crippen LogP contribution >= 0.6 is 22.9 Å². The average molecular weight is 318 g/mol. The fraction of sp³-hybridized carbons (Fsp3) is 0.273. The van der Waals surface area contributed by atoms with Gasteiger partial charge in [0.2, 0.25) is 10.0 Å². The summed E-state index contributed by atoms with van der Waals surface area (Å²) >= 11 is 7.16. The van der Waals surface area contributed by atoms with Crippen LogP contribution in [0.25, 0.3) is 0 Å². The monoisotopic (exact) mass is 317 g/mol. The first-order valence-electron chi connectivity index (χ1n) is 5.38. The fourth-order valence-corrected chi connectivity index (χ4v) is 3.79. The maximum atomic E-state index is 12.3. The largest absolute Gasteiger partial charge is 0.250 e. The van der Waals surface area contributed by atoms with E-state index in [0.29, 0.717) is 6.54 Å². The fourth-order valence-electron chi connectivity index (χ4n) is 1.49. The van der Waals surface area contributed by atoms with E-state index in [-0.39, 0.29) is 10.0 Å². The maximum absolute atomic E-state index is 12.3. The highest BCUT2D eigenvalue weighted by molar-refractivity contribution is 7.89. The van der Waals surface area contributed by atoms with Crippen molar-refractivity contribution >= 4 is 33.0 Å². The van der Waals surface area contributed by atoms with Gasteiger partial charge >= 0.3 is 0 Å². The van der Waals surface area contributed by atoms with Crippen LogP contribution in [-0.4, -0.2) is 29.7 Å². The number of halogens is 1. The van der Waals surface area contributed by atoms with Crippen LogP contribution in [0.15, 0.2) is 28.7 Å². The molecule has 5 nitrogen and oxygen atoms in total. The highest BCUT2D eigenvalue weighted by Gasteiger charge is 2.22. The van der Waals surface area contributed by atoms with E-state index in [9.17, 15) is 8.42 Å². The molecule has 8 heteroatoms. The summed E-state index contributed by atoms with van der Waals surface area (Å²) in [5, 5.41) is 0.156. The van der Waals surface area contributed by atoms with Crippen molar-refractivity contribution in [2.45, 2.75) is 18.4 Å². The molecule has 19 heavy (non-hydrogen) atoms. The van der Waals surface area contributed by atoms with Crippen molar-refractivity contribution in [2.75, 3.05) is 7.05 Å². The van der Waals surface area contributed by atoms with Crippen LogP contribution < -0.4 is 0 Å². The van der Waals surface area contributed by atoms with Crippen LogP contribution in [0.2, 0.25) is 5.15 Å². The van der Waals surface area contributed by atoms with Gasteiger partial charge in [-0.25, -0.2) is 18.4 Å². The summed E-state index contributed by atoms with van der Waals surface area (Å²) in [7, 11) is -2.04. The molecule has 102 valence electrons. The summed E-state index contributed by atoms with van der Waals surface area (Å²) in [6.07, 6.45) is 1.38. The standard InChI is InChI=1S/C11H12ClN3O2S2/c1-8-10(18-7-14-8)6-15(2)19(16,17)9-3-4-13-11(12)5-9/h3-5,7H,6H2,1-2H3. The van der Waals surface area contributed by atoms with Crippen LogP contribution in [0.3, 0.4) is 0 Å². The van der Waals surface area contributed by atoms with Crippen LogP contribution in [0.4, 0.5) is 0 Å². The molecule has 0 aliphatic carbocycles. The summed E-state index contributed by atoms with van der Waals surface area (Å²) in [6.45, 7) is 2.15. The topological polar surface area (TPSA) is 63.2 Å².